The Hall–Kier alpha value is -2.59. The highest BCUT2D eigenvalue weighted by Crippen LogP contribution is 2.23. The van der Waals surface area contributed by atoms with Gasteiger partial charge in [-0.2, -0.15) is 5.26 Å². The van der Waals surface area contributed by atoms with E-state index in [-0.39, 0.29) is 18.6 Å². The van der Waals surface area contributed by atoms with E-state index in [4.69, 9.17) is 15.1 Å². The third-order valence-electron chi connectivity index (χ3n) is 3.58. The van der Waals surface area contributed by atoms with E-state index in [0.717, 1.165) is 5.56 Å². The summed E-state index contributed by atoms with van der Waals surface area (Å²) < 4.78 is 5.69. The molecule has 1 saturated heterocycles. The highest BCUT2D eigenvalue weighted by atomic mass is 16.5. The molecular weight excluding hydrogens is 298 g/mol. The number of benzene rings is 1. The first kappa shape index (κ1) is 16.8. The fraction of sp³-hybridized carbons (Fsp3) is 0.438. The molecule has 1 aliphatic heterocycles. The van der Waals surface area contributed by atoms with Crippen molar-refractivity contribution in [2.45, 2.75) is 18.9 Å². The molecule has 7 nitrogen and oxygen atoms in total. The van der Waals surface area contributed by atoms with Crippen LogP contribution in [-0.4, -0.2) is 48.2 Å². The van der Waals surface area contributed by atoms with Crippen molar-refractivity contribution in [2.24, 2.45) is 0 Å². The van der Waals surface area contributed by atoms with Gasteiger partial charge in [-0.05, 0) is 24.1 Å². The van der Waals surface area contributed by atoms with E-state index in [0.29, 0.717) is 38.2 Å². The number of urea groups is 1. The maximum Gasteiger partial charge on any atom is 0.317 e. The number of ether oxygens (including phenoxy) is 1. The molecule has 0 aliphatic carbocycles. The highest BCUT2D eigenvalue weighted by Gasteiger charge is 2.25. The molecule has 0 spiro atoms. The highest BCUT2D eigenvalue weighted by molar-refractivity contribution is 5.74. The molecule has 0 bridgehead atoms. The maximum atomic E-state index is 12.1. The zero-order chi connectivity index (χ0) is 16.7. The summed E-state index contributed by atoms with van der Waals surface area (Å²) in [7, 11) is 0. The predicted molar refractivity (Wildman–Crippen MR) is 81.7 cm³/mol. The summed E-state index contributed by atoms with van der Waals surface area (Å²) in [6.45, 7) is 1.64. The second-order valence-electron chi connectivity index (χ2n) is 5.27. The number of carboxylic acids is 1. The summed E-state index contributed by atoms with van der Waals surface area (Å²) >= 11 is 0. The van der Waals surface area contributed by atoms with Gasteiger partial charge in [-0.1, -0.05) is 12.1 Å². The summed E-state index contributed by atoms with van der Waals surface area (Å²) in [5.41, 5.74) is 1.42. The van der Waals surface area contributed by atoms with Crippen molar-refractivity contribution in [3.8, 4) is 6.07 Å². The zero-order valence-corrected chi connectivity index (χ0v) is 12.7. The van der Waals surface area contributed by atoms with E-state index in [2.05, 4.69) is 11.4 Å². The smallest absolute Gasteiger partial charge is 0.317 e. The van der Waals surface area contributed by atoms with Crippen LogP contribution >= 0.6 is 0 Å². The van der Waals surface area contributed by atoms with Gasteiger partial charge in [0.15, 0.2) is 0 Å². The van der Waals surface area contributed by atoms with Gasteiger partial charge in [0.05, 0.1) is 24.8 Å². The van der Waals surface area contributed by atoms with Crippen molar-refractivity contribution in [3.63, 3.8) is 0 Å². The van der Waals surface area contributed by atoms with E-state index in [9.17, 15) is 9.59 Å². The third kappa shape index (κ3) is 4.97. The van der Waals surface area contributed by atoms with Crippen LogP contribution < -0.4 is 5.32 Å². The normalized spacial score (nSPS) is 17.3. The van der Waals surface area contributed by atoms with E-state index in [1.54, 1.807) is 23.1 Å². The van der Waals surface area contributed by atoms with Crippen LogP contribution in [0.1, 0.15) is 30.1 Å². The number of nitrogens with zero attached hydrogens (tertiary/aromatic N) is 2. The Labute approximate surface area is 134 Å². The summed E-state index contributed by atoms with van der Waals surface area (Å²) in [6, 6.07) is 9.02. The average Bonchev–Trinajstić information content (AvgIpc) is 2.58. The van der Waals surface area contributed by atoms with Crippen LogP contribution in [0.25, 0.3) is 0 Å². The third-order valence-corrected chi connectivity index (χ3v) is 3.58. The van der Waals surface area contributed by atoms with Gasteiger partial charge in [-0.15, -0.1) is 0 Å². The summed E-state index contributed by atoms with van der Waals surface area (Å²) in [5.74, 6) is -0.872. The molecule has 1 aromatic rings. The minimum Gasteiger partial charge on any atom is -0.481 e. The molecule has 122 valence electrons. The molecule has 2 amide bonds. The van der Waals surface area contributed by atoms with Gasteiger partial charge in [0.1, 0.15) is 6.10 Å². The van der Waals surface area contributed by atoms with Crippen LogP contribution in [0.3, 0.4) is 0 Å². The van der Waals surface area contributed by atoms with E-state index in [1.807, 2.05) is 6.07 Å². The van der Waals surface area contributed by atoms with E-state index < -0.39 is 5.97 Å². The minimum atomic E-state index is -0.872. The number of nitriles is 1. The first-order valence-corrected chi connectivity index (χ1v) is 7.46. The number of nitrogens with one attached hydrogen (secondary N) is 1. The molecule has 0 radical (unpaired) electrons. The van der Waals surface area contributed by atoms with Crippen molar-refractivity contribution in [3.05, 3.63) is 35.4 Å². The fourth-order valence-corrected chi connectivity index (χ4v) is 2.39. The van der Waals surface area contributed by atoms with Crippen LogP contribution in [-0.2, 0) is 9.53 Å². The monoisotopic (exact) mass is 317 g/mol. The second kappa shape index (κ2) is 8.15. The number of carboxylic acid groups (broad SMARTS) is 1. The van der Waals surface area contributed by atoms with Crippen molar-refractivity contribution >= 4 is 12.0 Å². The van der Waals surface area contributed by atoms with Gasteiger partial charge < -0.3 is 20.1 Å². The molecule has 2 rings (SSSR count). The lowest BCUT2D eigenvalue weighted by Crippen LogP contribution is -2.47. The van der Waals surface area contributed by atoms with Crippen molar-refractivity contribution in [2.75, 3.05) is 26.2 Å². The Morgan fingerprint density at radius 2 is 2.30 bits per heavy atom. The zero-order valence-electron chi connectivity index (χ0n) is 12.7. The SMILES string of the molecule is N#Cc1cccc(C2CN(C(=O)NCCCC(=O)O)CCO2)c1. The van der Waals surface area contributed by atoms with Crippen LogP contribution in [0, 0.1) is 11.3 Å². The molecule has 0 saturated carbocycles. The Bertz CT molecular complexity index is 612. The van der Waals surface area contributed by atoms with Gasteiger partial charge in [0.2, 0.25) is 0 Å². The number of carbonyl (C=O) groups excluding carboxylic acids is 1. The van der Waals surface area contributed by atoms with E-state index >= 15 is 0 Å². The summed E-state index contributed by atoms with van der Waals surface area (Å²) in [5, 5.41) is 20.2. The number of carbonyl (C=O) groups is 2. The number of hydrogen-bond donors (Lipinski definition) is 2. The number of amides is 2. The molecule has 1 unspecified atom stereocenters. The van der Waals surface area contributed by atoms with Crippen LogP contribution in [0.4, 0.5) is 4.79 Å². The largest absolute Gasteiger partial charge is 0.481 e. The van der Waals surface area contributed by atoms with Crippen LogP contribution in [0.2, 0.25) is 0 Å². The Kier molecular flexibility index (Phi) is 5.94. The van der Waals surface area contributed by atoms with Crippen molar-refractivity contribution in [1.82, 2.24) is 10.2 Å². The number of morpholine rings is 1. The molecule has 1 atom stereocenters. The lowest BCUT2D eigenvalue weighted by molar-refractivity contribution is -0.137. The fourth-order valence-electron chi connectivity index (χ4n) is 2.39. The van der Waals surface area contributed by atoms with Gasteiger partial charge in [0, 0.05) is 19.5 Å². The van der Waals surface area contributed by atoms with Crippen molar-refractivity contribution in [1.29, 1.82) is 5.26 Å². The summed E-state index contributed by atoms with van der Waals surface area (Å²) in [4.78, 5) is 24.2. The number of aliphatic carboxylic acids is 1. The maximum absolute atomic E-state index is 12.1. The average molecular weight is 317 g/mol. The molecule has 1 fully saturated rings. The van der Waals surface area contributed by atoms with E-state index in [1.165, 1.54) is 0 Å². The van der Waals surface area contributed by atoms with Crippen LogP contribution in [0.15, 0.2) is 24.3 Å². The van der Waals surface area contributed by atoms with Crippen molar-refractivity contribution < 1.29 is 19.4 Å². The number of hydrogen-bond acceptors (Lipinski definition) is 4. The Morgan fingerprint density at radius 1 is 1.48 bits per heavy atom. The standard InChI is InChI=1S/C16H19N3O4/c17-10-12-3-1-4-13(9-12)14-11-19(7-8-23-14)16(22)18-6-2-5-15(20)21/h1,3-4,9,14H,2,5-8,11H2,(H,18,22)(H,20,21). The Balaban J connectivity index is 1.88. The molecule has 1 aliphatic rings. The molecule has 23 heavy (non-hydrogen) atoms. The first-order valence-electron chi connectivity index (χ1n) is 7.46. The molecule has 1 heterocycles. The molecular formula is C16H19N3O4. The summed E-state index contributed by atoms with van der Waals surface area (Å²) in [6.07, 6.45) is 0.174. The van der Waals surface area contributed by atoms with Gasteiger partial charge in [-0.3, -0.25) is 4.79 Å². The lowest BCUT2D eigenvalue weighted by atomic mass is 10.1. The quantitative estimate of drug-likeness (QED) is 0.801. The predicted octanol–water partition coefficient (Wildman–Crippen LogP) is 1.51. The van der Waals surface area contributed by atoms with Gasteiger partial charge in [-0.25, -0.2) is 4.79 Å². The second-order valence-corrected chi connectivity index (χ2v) is 5.27. The van der Waals surface area contributed by atoms with Crippen LogP contribution in [0.5, 0.6) is 0 Å². The first-order chi connectivity index (χ1) is 11.1. The lowest BCUT2D eigenvalue weighted by Gasteiger charge is -2.33. The topological polar surface area (TPSA) is 103 Å². The Morgan fingerprint density at radius 3 is 3.04 bits per heavy atom. The molecule has 0 aromatic heterocycles. The molecule has 7 heteroatoms. The molecule has 1 aromatic carbocycles. The van der Waals surface area contributed by atoms with Gasteiger partial charge in [0.25, 0.3) is 0 Å². The molecule has 2 N–H and O–H groups in total. The number of rotatable bonds is 5. The minimum absolute atomic E-state index is 0.0347. The van der Waals surface area contributed by atoms with Gasteiger partial charge >= 0.3 is 12.0 Å².